The Bertz CT molecular complexity index is 845. The summed E-state index contributed by atoms with van der Waals surface area (Å²) in [5.41, 5.74) is 2.05. The molecule has 6 heteroatoms. The van der Waals surface area contributed by atoms with Crippen molar-refractivity contribution < 1.29 is 9.18 Å². The highest BCUT2D eigenvalue weighted by Crippen LogP contribution is 2.24. The number of hydrogen-bond acceptors (Lipinski definition) is 2. The standard InChI is InChI=1S/C18H13Cl2FN2O/c19-14-7-3-12(9-15(14)20)10-16-18(24)23-17(22-16)8-4-11-1-5-13(21)6-2-11/h1-3,5-7,9-10H,4,8H2,(H,22,23,24)/b16-10+. The van der Waals surface area contributed by atoms with Gasteiger partial charge in [0.2, 0.25) is 0 Å². The van der Waals surface area contributed by atoms with Crippen molar-refractivity contribution >= 4 is 41.0 Å². The normalized spacial score (nSPS) is 15.5. The average molecular weight is 363 g/mol. The zero-order chi connectivity index (χ0) is 17.1. The first-order chi connectivity index (χ1) is 11.5. The highest BCUT2D eigenvalue weighted by molar-refractivity contribution is 6.42. The van der Waals surface area contributed by atoms with Gasteiger partial charge in [0.1, 0.15) is 17.3 Å². The number of halogens is 3. The number of carbonyl (C=O) groups is 1. The summed E-state index contributed by atoms with van der Waals surface area (Å²) in [7, 11) is 0. The Morgan fingerprint density at radius 1 is 1.04 bits per heavy atom. The van der Waals surface area contributed by atoms with Crippen molar-refractivity contribution in [2.75, 3.05) is 0 Å². The van der Waals surface area contributed by atoms with Crippen molar-refractivity contribution in [2.45, 2.75) is 12.8 Å². The SMILES string of the molecule is O=C1NC(CCc2ccc(F)cc2)=N/C1=C/c1ccc(Cl)c(Cl)c1. The van der Waals surface area contributed by atoms with E-state index in [2.05, 4.69) is 10.3 Å². The van der Waals surface area contributed by atoms with Crippen molar-refractivity contribution in [3.63, 3.8) is 0 Å². The van der Waals surface area contributed by atoms with Gasteiger partial charge in [-0.15, -0.1) is 0 Å². The maximum atomic E-state index is 12.9. The van der Waals surface area contributed by atoms with Crippen LogP contribution in [-0.4, -0.2) is 11.7 Å². The Morgan fingerprint density at radius 3 is 2.50 bits per heavy atom. The van der Waals surface area contributed by atoms with Gasteiger partial charge in [0, 0.05) is 6.42 Å². The number of carbonyl (C=O) groups excluding carboxylic acids is 1. The van der Waals surface area contributed by atoms with Gasteiger partial charge in [0.25, 0.3) is 5.91 Å². The molecule has 0 saturated heterocycles. The summed E-state index contributed by atoms with van der Waals surface area (Å²) in [4.78, 5) is 16.3. The third-order valence-electron chi connectivity index (χ3n) is 3.56. The molecule has 0 unspecified atom stereocenters. The molecule has 2 aromatic carbocycles. The molecule has 1 aliphatic rings. The molecule has 0 saturated carbocycles. The average Bonchev–Trinajstić information content (AvgIpc) is 2.90. The third-order valence-corrected chi connectivity index (χ3v) is 4.30. The number of amidine groups is 1. The highest BCUT2D eigenvalue weighted by atomic mass is 35.5. The van der Waals surface area contributed by atoms with Gasteiger partial charge in [-0.1, -0.05) is 41.4 Å². The molecular weight excluding hydrogens is 350 g/mol. The summed E-state index contributed by atoms with van der Waals surface area (Å²) in [6.45, 7) is 0. The maximum Gasteiger partial charge on any atom is 0.275 e. The highest BCUT2D eigenvalue weighted by Gasteiger charge is 2.19. The van der Waals surface area contributed by atoms with E-state index in [1.165, 1.54) is 12.1 Å². The molecule has 0 bridgehead atoms. The lowest BCUT2D eigenvalue weighted by Gasteiger charge is -2.01. The quantitative estimate of drug-likeness (QED) is 0.791. The number of nitrogens with zero attached hydrogens (tertiary/aromatic N) is 1. The largest absolute Gasteiger partial charge is 0.309 e. The molecule has 3 nitrogen and oxygen atoms in total. The van der Waals surface area contributed by atoms with E-state index < -0.39 is 0 Å². The Balaban J connectivity index is 1.71. The fraction of sp³-hybridized carbons (Fsp3) is 0.111. The topological polar surface area (TPSA) is 41.5 Å². The Kier molecular flexibility index (Phi) is 4.97. The predicted octanol–water partition coefficient (Wildman–Crippen LogP) is 4.63. The second-order valence-electron chi connectivity index (χ2n) is 5.34. The summed E-state index contributed by atoms with van der Waals surface area (Å²) in [5, 5.41) is 3.62. The van der Waals surface area contributed by atoms with Gasteiger partial charge < -0.3 is 5.32 Å². The first-order valence-electron chi connectivity index (χ1n) is 7.31. The minimum atomic E-state index is -0.267. The molecule has 24 heavy (non-hydrogen) atoms. The minimum absolute atomic E-state index is 0.254. The van der Waals surface area contributed by atoms with Crippen molar-refractivity contribution in [1.82, 2.24) is 5.32 Å². The van der Waals surface area contributed by atoms with Gasteiger partial charge in [0.15, 0.2) is 0 Å². The lowest BCUT2D eigenvalue weighted by Crippen LogP contribution is -2.24. The van der Waals surface area contributed by atoms with E-state index in [9.17, 15) is 9.18 Å². The molecule has 1 heterocycles. The summed E-state index contributed by atoms with van der Waals surface area (Å²) in [5.74, 6) is 0.0721. The van der Waals surface area contributed by atoms with Crippen LogP contribution in [0.1, 0.15) is 17.5 Å². The molecule has 0 fully saturated rings. The maximum absolute atomic E-state index is 12.9. The zero-order valence-corrected chi connectivity index (χ0v) is 14.0. The molecule has 0 spiro atoms. The summed E-state index contributed by atoms with van der Waals surface area (Å²) in [6.07, 6.45) is 2.89. The molecule has 0 atom stereocenters. The van der Waals surface area contributed by atoms with Crippen LogP contribution in [0.2, 0.25) is 10.0 Å². The van der Waals surface area contributed by atoms with Crippen molar-refractivity contribution in [3.05, 3.63) is 75.2 Å². The second kappa shape index (κ2) is 7.16. The van der Waals surface area contributed by atoms with E-state index >= 15 is 0 Å². The van der Waals surface area contributed by atoms with Crippen LogP contribution in [-0.2, 0) is 11.2 Å². The lowest BCUT2D eigenvalue weighted by molar-refractivity contribution is -0.115. The minimum Gasteiger partial charge on any atom is -0.309 e. The van der Waals surface area contributed by atoms with Crippen LogP contribution in [0, 0.1) is 5.82 Å². The summed E-state index contributed by atoms with van der Waals surface area (Å²) < 4.78 is 12.9. The smallest absolute Gasteiger partial charge is 0.275 e. The van der Waals surface area contributed by atoms with Crippen molar-refractivity contribution in [2.24, 2.45) is 4.99 Å². The van der Waals surface area contributed by atoms with Gasteiger partial charge >= 0.3 is 0 Å². The Morgan fingerprint density at radius 2 is 1.79 bits per heavy atom. The number of hydrogen-bond donors (Lipinski definition) is 1. The van der Waals surface area contributed by atoms with E-state index in [-0.39, 0.29) is 11.7 Å². The van der Waals surface area contributed by atoms with Gasteiger partial charge in [-0.3, -0.25) is 4.79 Å². The summed E-state index contributed by atoms with van der Waals surface area (Å²) in [6, 6.07) is 11.4. The molecular formula is C18H13Cl2FN2O. The zero-order valence-electron chi connectivity index (χ0n) is 12.5. The summed E-state index contributed by atoms with van der Waals surface area (Å²) >= 11 is 11.8. The van der Waals surface area contributed by atoms with Crippen molar-refractivity contribution in [3.8, 4) is 0 Å². The number of aryl methyl sites for hydroxylation is 1. The van der Waals surface area contributed by atoms with Gasteiger partial charge in [0.05, 0.1) is 10.0 Å². The molecule has 122 valence electrons. The van der Waals surface area contributed by atoms with E-state index in [1.54, 1.807) is 36.4 Å². The molecule has 0 aliphatic carbocycles. The van der Waals surface area contributed by atoms with Crippen molar-refractivity contribution in [1.29, 1.82) is 0 Å². The van der Waals surface area contributed by atoms with E-state index in [0.29, 0.717) is 34.4 Å². The number of amides is 1. The van der Waals surface area contributed by atoms with E-state index in [0.717, 1.165) is 11.1 Å². The van der Waals surface area contributed by atoms with Crippen LogP contribution in [0.15, 0.2) is 53.2 Å². The number of nitrogens with one attached hydrogen (secondary N) is 1. The van der Waals surface area contributed by atoms with Crippen LogP contribution >= 0.6 is 23.2 Å². The van der Waals surface area contributed by atoms with Gasteiger partial charge in [-0.05, 0) is 47.9 Å². The molecule has 2 aromatic rings. The Hall–Kier alpha value is -2.17. The predicted molar refractivity (Wildman–Crippen MR) is 94.7 cm³/mol. The van der Waals surface area contributed by atoms with Crippen LogP contribution in [0.4, 0.5) is 4.39 Å². The first-order valence-corrected chi connectivity index (χ1v) is 8.07. The fourth-order valence-corrected chi connectivity index (χ4v) is 2.62. The second-order valence-corrected chi connectivity index (χ2v) is 6.16. The number of aliphatic imine (C=N–C) groups is 1. The monoisotopic (exact) mass is 362 g/mol. The Labute approximate surface area is 148 Å². The van der Waals surface area contributed by atoms with Gasteiger partial charge in [-0.25, -0.2) is 9.38 Å². The van der Waals surface area contributed by atoms with Crippen LogP contribution < -0.4 is 5.32 Å². The third kappa shape index (κ3) is 4.02. The molecule has 1 aliphatic heterocycles. The molecule has 1 amide bonds. The van der Waals surface area contributed by atoms with Gasteiger partial charge in [-0.2, -0.15) is 0 Å². The van der Waals surface area contributed by atoms with Crippen LogP contribution in [0.5, 0.6) is 0 Å². The first kappa shape index (κ1) is 16.7. The lowest BCUT2D eigenvalue weighted by atomic mass is 10.1. The van der Waals surface area contributed by atoms with Crippen LogP contribution in [0.25, 0.3) is 6.08 Å². The van der Waals surface area contributed by atoms with Crippen LogP contribution in [0.3, 0.4) is 0 Å². The molecule has 1 N–H and O–H groups in total. The molecule has 0 radical (unpaired) electrons. The number of benzene rings is 2. The molecule has 0 aromatic heterocycles. The van der Waals surface area contributed by atoms with E-state index in [1.807, 2.05) is 0 Å². The number of rotatable bonds is 4. The van der Waals surface area contributed by atoms with E-state index in [4.69, 9.17) is 23.2 Å². The fourth-order valence-electron chi connectivity index (χ4n) is 2.31. The molecule has 3 rings (SSSR count).